The molecule has 1 atom stereocenters. The van der Waals surface area contributed by atoms with Gasteiger partial charge in [-0.3, -0.25) is 10.2 Å². The number of carboxylic acid groups (broad SMARTS) is 1. The van der Waals surface area contributed by atoms with Crippen molar-refractivity contribution < 1.29 is 9.90 Å². The molecule has 0 spiro atoms. The summed E-state index contributed by atoms with van der Waals surface area (Å²) in [7, 11) is 1.67. The standard InChI is InChI=1S/C8H18BN3O2/c1-2-3-4-8(9,6(13)14)5-12-7(10)11/h2-5,9H2,1H3,(H,13,14)(H4,10,11,12). The lowest BCUT2D eigenvalue weighted by atomic mass is 9.65. The number of carboxylic acids is 1. The predicted octanol–water partition coefficient (Wildman–Crippen LogP) is -0.464. The Hall–Kier alpha value is -1.20. The lowest BCUT2D eigenvalue weighted by Gasteiger charge is -2.25. The van der Waals surface area contributed by atoms with E-state index in [1.165, 1.54) is 0 Å². The van der Waals surface area contributed by atoms with Crippen molar-refractivity contribution in [1.82, 2.24) is 5.32 Å². The number of unbranched alkanes of at least 4 members (excludes halogenated alkanes) is 1. The molecule has 0 aromatic rings. The molecule has 0 saturated carbocycles. The second-order valence-electron chi connectivity index (χ2n) is 3.74. The van der Waals surface area contributed by atoms with E-state index in [4.69, 9.17) is 16.2 Å². The molecule has 0 amide bonds. The van der Waals surface area contributed by atoms with Gasteiger partial charge < -0.3 is 16.2 Å². The molecule has 80 valence electrons. The van der Waals surface area contributed by atoms with Gasteiger partial charge >= 0.3 is 5.97 Å². The number of nitrogens with one attached hydrogen (secondary N) is 2. The van der Waals surface area contributed by atoms with Gasteiger partial charge in [0, 0.05) is 6.54 Å². The van der Waals surface area contributed by atoms with Crippen molar-refractivity contribution >= 4 is 19.8 Å². The summed E-state index contributed by atoms with van der Waals surface area (Å²) in [6.07, 6.45) is 2.42. The third-order valence-electron chi connectivity index (χ3n) is 2.27. The molecule has 0 bridgehead atoms. The summed E-state index contributed by atoms with van der Waals surface area (Å²) in [5, 5.41) is 17.7. The van der Waals surface area contributed by atoms with Gasteiger partial charge in [-0.05, 0) is 6.42 Å². The minimum Gasteiger partial charge on any atom is -0.481 e. The first kappa shape index (κ1) is 12.8. The second-order valence-corrected chi connectivity index (χ2v) is 3.74. The first-order valence-corrected chi connectivity index (χ1v) is 4.73. The highest BCUT2D eigenvalue weighted by Gasteiger charge is 2.32. The fraction of sp³-hybridized carbons (Fsp3) is 0.750. The first-order chi connectivity index (χ1) is 6.42. The summed E-state index contributed by atoms with van der Waals surface area (Å²) < 4.78 is 0. The van der Waals surface area contributed by atoms with Crippen LogP contribution in [-0.4, -0.2) is 31.4 Å². The minimum absolute atomic E-state index is 0.186. The monoisotopic (exact) mass is 199 g/mol. The maximum Gasteiger partial charge on any atom is 0.303 e. The van der Waals surface area contributed by atoms with E-state index in [0.717, 1.165) is 12.8 Å². The van der Waals surface area contributed by atoms with Crippen LogP contribution in [0, 0.1) is 5.41 Å². The predicted molar refractivity (Wildman–Crippen MR) is 58.3 cm³/mol. The molecule has 0 fully saturated rings. The molecular weight excluding hydrogens is 181 g/mol. The van der Waals surface area contributed by atoms with Gasteiger partial charge in [-0.15, -0.1) is 0 Å². The Labute approximate surface area is 85.0 Å². The van der Waals surface area contributed by atoms with Gasteiger partial charge in [-0.2, -0.15) is 0 Å². The molecule has 0 aliphatic heterocycles. The lowest BCUT2D eigenvalue weighted by Crippen LogP contribution is -2.41. The molecule has 0 radical (unpaired) electrons. The fourth-order valence-corrected chi connectivity index (χ4v) is 1.13. The van der Waals surface area contributed by atoms with Gasteiger partial charge in [0.1, 0.15) is 7.85 Å². The van der Waals surface area contributed by atoms with Gasteiger partial charge in [0.25, 0.3) is 0 Å². The minimum atomic E-state index is -0.847. The smallest absolute Gasteiger partial charge is 0.303 e. The van der Waals surface area contributed by atoms with Crippen molar-refractivity contribution in [2.45, 2.75) is 31.5 Å². The van der Waals surface area contributed by atoms with E-state index in [2.05, 4.69) is 5.32 Å². The SMILES string of the molecule is BC(CCCC)(CNC(=N)N)C(=O)O. The van der Waals surface area contributed by atoms with Crippen LogP contribution in [-0.2, 0) is 4.79 Å². The zero-order valence-corrected chi connectivity index (χ0v) is 8.76. The zero-order chi connectivity index (χ0) is 11.2. The molecule has 1 unspecified atom stereocenters. The summed E-state index contributed by atoms with van der Waals surface area (Å²) in [5.74, 6) is -1.03. The van der Waals surface area contributed by atoms with Crippen LogP contribution >= 0.6 is 0 Å². The van der Waals surface area contributed by atoms with E-state index < -0.39 is 11.3 Å². The average molecular weight is 199 g/mol. The highest BCUT2D eigenvalue weighted by atomic mass is 16.4. The van der Waals surface area contributed by atoms with E-state index in [0.29, 0.717) is 6.42 Å². The molecule has 0 aliphatic rings. The van der Waals surface area contributed by atoms with Crippen molar-refractivity contribution in [3.05, 3.63) is 0 Å². The Balaban J connectivity index is 4.24. The van der Waals surface area contributed by atoms with Crippen LogP contribution in [0.1, 0.15) is 26.2 Å². The Morgan fingerprint density at radius 3 is 2.64 bits per heavy atom. The number of hydrogen-bond donors (Lipinski definition) is 4. The first-order valence-electron chi connectivity index (χ1n) is 4.73. The molecule has 0 rings (SSSR count). The van der Waals surface area contributed by atoms with Crippen LogP contribution in [0.25, 0.3) is 0 Å². The lowest BCUT2D eigenvalue weighted by molar-refractivity contribution is -0.140. The van der Waals surface area contributed by atoms with Gasteiger partial charge in [0.15, 0.2) is 5.96 Å². The van der Waals surface area contributed by atoms with Crippen LogP contribution in [0.15, 0.2) is 0 Å². The molecule has 5 N–H and O–H groups in total. The Morgan fingerprint density at radius 1 is 1.71 bits per heavy atom. The third kappa shape index (κ3) is 4.16. The number of nitrogens with two attached hydrogens (primary N) is 1. The van der Waals surface area contributed by atoms with Crippen molar-refractivity contribution in [2.75, 3.05) is 6.54 Å². The summed E-state index contributed by atoms with van der Waals surface area (Å²) in [4.78, 5) is 11.0. The summed E-state index contributed by atoms with van der Waals surface area (Å²) in [6, 6.07) is 0. The molecule has 0 aromatic carbocycles. The van der Waals surface area contributed by atoms with Gasteiger partial charge in [0.05, 0.1) is 5.31 Å². The third-order valence-corrected chi connectivity index (χ3v) is 2.27. The van der Waals surface area contributed by atoms with Crippen LogP contribution in [0.5, 0.6) is 0 Å². The maximum absolute atomic E-state index is 11.0. The van der Waals surface area contributed by atoms with Crippen LogP contribution in [0.2, 0.25) is 5.31 Å². The van der Waals surface area contributed by atoms with Crippen molar-refractivity contribution in [1.29, 1.82) is 5.41 Å². The van der Waals surface area contributed by atoms with E-state index in [9.17, 15) is 4.79 Å². The topological polar surface area (TPSA) is 99.2 Å². The van der Waals surface area contributed by atoms with Gasteiger partial charge in [-0.25, -0.2) is 0 Å². The molecule has 0 heterocycles. The fourth-order valence-electron chi connectivity index (χ4n) is 1.13. The van der Waals surface area contributed by atoms with Crippen LogP contribution in [0.4, 0.5) is 0 Å². The van der Waals surface area contributed by atoms with Crippen LogP contribution < -0.4 is 11.1 Å². The Morgan fingerprint density at radius 2 is 2.29 bits per heavy atom. The normalized spacial score (nSPS) is 14.4. The number of rotatable bonds is 6. The summed E-state index contributed by atoms with van der Waals surface area (Å²) in [6.45, 7) is 2.22. The largest absolute Gasteiger partial charge is 0.481 e. The molecular formula is C8H18BN3O2. The number of hydrogen-bond acceptors (Lipinski definition) is 2. The summed E-state index contributed by atoms with van der Waals surface area (Å²) >= 11 is 0. The van der Waals surface area contributed by atoms with Crippen LogP contribution in [0.3, 0.4) is 0 Å². The van der Waals surface area contributed by atoms with Crippen molar-refractivity contribution in [3.63, 3.8) is 0 Å². The van der Waals surface area contributed by atoms with Crippen molar-refractivity contribution in [3.8, 4) is 0 Å². The molecule has 5 nitrogen and oxygen atoms in total. The Kier molecular flexibility index (Phi) is 5.05. The highest BCUT2D eigenvalue weighted by Crippen LogP contribution is 2.27. The van der Waals surface area contributed by atoms with E-state index >= 15 is 0 Å². The summed E-state index contributed by atoms with van der Waals surface area (Å²) in [5.41, 5.74) is 5.11. The average Bonchev–Trinajstić information content (AvgIpc) is 2.11. The molecule has 0 aromatic heterocycles. The Bertz CT molecular complexity index is 223. The quantitative estimate of drug-likeness (QED) is 0.264. The number of guanidine groups is 1. The van der Waals surface area contributed by atoms with E-state index in [1.807, 2.05) is 6.92 Å². The number of carbonyl (C=O) groups is 1. The molecule has 14 heavy (non-hydrogen) atoms. The zero-order valence-electron chi connectivity index (χ0n) is 8.76. The highest BCUT2D eigenvalue weighted by molar-refractivity contribution is 6.27. The number of aliphatic carboxylic acids is 1. The van der Waals surface area contributed by atoms with Gasteiger partial charge in [0.2, 0.25) is 0 Å². The van der Waals surface area contributed by atoms with Gasteiger partial charge in [-0.1, -0.05) is 19.8 Å². The molecule has 6 heteroatoms. The molecule has 0 aliphatic carbocycles. The molecule has 0 saturated heterocycles. The maximum atomic E-state index is 11.0. The van der Waals surface area contributed by atoms with E-state index in [-0.39, 0.29) is 12.5 Å². The van der Waals surface area contributed by atoms with E-state index in [1.54, 1.807) is 7.85 Å². The second kappa shape index (κ2) is 5.52. The van der Waals surface area contributed by atoms with Crippen molar-refractivity contribution in [2.24, 2.45) is 5.73 Å².